The van der Waals surface area contributed by atoms with Gasteiger partial charge in [-0.2, -0.15) is 0 Å². The molecule has 0 radical (unpaired) electrons. The molecule has 1 aromatic carbocycles. The average Bonchev–Trinajstić information content (AvgIpc) is 2.91. The van der Waals surface area contributed by atoms with Crippen molar-refractivity contribution in [3.8, 4) is 0 Å². The van der Waals surface area contributed by atoms with Crippen LogP contribution in [0.1, 0.15) is 57.6 Å². The highest BCUT2D eigenvalue weighted by Gasteiger charge is 2.53. The van der Waals surface area contributed by atoms with Crippen LogP contribution in [-0.4, -0.2) is 46.3 Å². The summed E-state index contributed by atoms with van der Waals surface area (Å²) < 4.78 is 0. The number of benzene rings is 1. The van der Waals surface area contributed by atoms with Crippen LogP contribution >= 0.6 is 0 Å². The standard InChI is InChI=1S/C23H31N3O3/c1-22(2,3)18-8-11-23(12-9-18)20(28)26(21(29)24-23)15-19(27)25-13-10-16-6-4-5-7-17(16)14-25/h4-7,18H,8-15H2,1-3H3,(H,24,29). The van der Waals surface area contributed by atoms with Crippen LogP contribution in [-0.2, 0) is 22.6 Å². The molecule has 0 bridgehead atoms. The van der Waals surface area contributed by atoms with Gasteiger partial charge in [-0.3, -0.25) is 14.5 Å². The van der Waals surface area contributed by atoms with Crippen molar-refractivity contribution in [1.82, 2.24) is 15.1 Å². The van der Waals surface area contributed by atoms with Crippen molar-refractivity contribution in [1.29, 1.82) is 0 Å². The largest absolute Gasteiger partial charge is 0.336 e. The zero-order valence-corrected chi connectivity index (χ0v) is 17.7. The average molecular weight is 398 g/mol. The molecule has 1 aliphatic carbocycles. The zero-order valence-electron chi connectivity index (χ0n) is 17.7. The van der Waals surface area contributed by atoms with Gasteiger partial charge in [0.05, 0.1) is 0 Å². The minimum Gasteiger partial charge on any atom is -0.336 e. The molecule has 29 heavy (non-hydrogen) atoms. The molecule has 4 rings (SSSR count). The molecule has 0 unspecified atom stereocenters. The Kier molecular flexibility index (Phi) is 4.91. The molecule has 1 saturated heterocycles. The highest BCUT2D eigenvalue weighted by Crippen LogP contribution is 2.43. The van der Waals surface area contributed by atoms with Gasteiger partial charge in [-0.1, -0.05) is 45.0 Å². The fourth-order valence-electron chi connectivity index (χ4n) is 5.08. The second kappa shape index (κ2) is 7.15. The van der Waals surface area contributed by atoms with Crippen molar-refractivity contribution in [3.63, 3.8) is 0 Å². The molecule has 6 nitrogen and oxygen atoms in total. The van der Waals surface area contributed by atoms with Crippen LogP contribution in [0, 0.1) is 11.3 Å². The topological polar surface area (TPSA) is 69.7 Å². The highest BCUT2D eigenvalue weighted by molar-refractivity contribution is 6.09. The molecule has 2 heterocycles. The van der Waals surface area contributed by atoms with Crippen LogP contribution in [0.2, 0.25) is 0 Å². The number of carbonyl (C=O) groups excluding carboxylic acids is 3. The van der Waals surface area contributed by atoms with Gasteiger partial charge < -0.3 is 10.2 Å². The number of hydrogen-bond donors (Lipinski definition) is 1. The number of amides is 4. The van der Waals surface area contributed by atoms with Crippen molar-refractivity contribution >= 4 is 17.8 Å². The molecule has 2 aliphatic heterocycles. The van der Waals surface area contributed by atoms with E-state index in [4.69, 9.17) is 0 Å². The summed E-state index contributed by atoms with van der Waals surface area (Å²) >= 11 is 0. The Labute approximate surface area is 172 Å². The van der Waals surface area contributed by atoms with Crippen LogP contribution in [0.3, 0.4) is 0 Å². The highest BCUT2D eigenvalue weighted by atomic mass is 16.2. The Morgan fingerprint density at radius 1 is 1.14 bits per heavy atom. The number of rotatable bonds is 2. The van der Waals surface area contributed by atoms with Gasteiger partial charge in [0.2, 0.25) is 5.91 Å². The second-order valence-electron chi connectivity index (χ2n) is 9.88. The van der Waals surface area contributed by atoms with Gasteiger partial charge in [0.1, 0.15) is 12.1 Å². The molecule has 4 amide bonds. The van der Waals surface area contributed by atoms with E-state index in [0.29, 0.717) is 31.8 Å². The van der Waals surface area contributed by atoms with E-state index in [1.165, 1.54) is 5.56 Å². The van der Waals surface area contributed by atoms with Gasteiger partial charge in [-0.25, -0.2) is 4.79 Å². The minimum atomic E-state index is -0.812. The zero-order chi connectivity index (χ0) is 20.8. The van der Waals surface area contributed by atoms with Crippen LogP contribution < -0.4 is 5.32 Å². The summed E-state index contributed by atoms with van der Waals surface area (Å²) in [6.45, 7) is 7.68. The lowest BCUT2D eigenvalue weighted by molar-refractivity contribution is -0.140. The predicted molar refractivity (Wildman–Crippen MR) is 110 cm³/mol. The van der Waals surface area contributed by atoms with Crippen molar-refractivity contribution in [3.05, 3.63) is 35.4 Å². The third kappa shape index (κ3) is 3.65. The first-order valence-electron chi connectivity index (χ1n) is 10.7. The van der Waals surface area contributed by atoms with E-state index in [1.54, 1.807) is 4.90 Å². The lowest BCUT2D eigenvalue weighted by Crippen LogP contribution is -2.51. The summed E-state index contributed by atoms with van der Waals surface area (Å²) in [6.07, 6.45) is 3.95. The third-order valence-corrected chi connectivity index (χ3v) is 7.09. The number of hydrogen-bond acceptors (Lipinski definition) is 3. The number of fused-ring (bicyclic) bond motifs is 1. The van der Waals surface area contributed by atoms with Gasteiger partial charge in [0.15, 0.2) is 0 Å². The van der Waals surface area contributed by atoms with E-state index in [1.807, 2.05) is 18.2 Å². The minimum absolute atomic E-state index is 0.163. The number of nitrogens with one attached hydrogen (secondary N) is 1. The predicted octanol–water partition coefficient (Wildman–Crippen LogP) is 3.10. The lowest BCUT2D eigenvalue weighted by Gasteiger charge is -2.40. The van der Waals surface area contributed by atoms with Crippen LogP contribution in [0.4, 0.5) is 4.79 Å². The molecule has 6 heteroatoms. The quantitative estimate of drug-likeness (QED) is 0.780. The maximum atomic E-state index is 13.1. The first kappa shape index (κ1) is 19.9. The van der Waals surface area contributed by atoms with Gasteiger partial charge in [0, 0.05) is 13.1 Å². The molecule has 1 spiro atoms. The Hall–Kier alpha value is -2.37. The smallest absolute Gasteiger partial charge is 0.325 e. The summed E-state index contributed by atoms with van der Waals surface area (Å²) in [6, 6.07) is 7.69. The first-order chi connectivity index (χ1) is 13.7. The third-order valence-electron chi connectivity index (χ3n) is 7.09. The molecular weight excluding hydrogens is 366 g/mol. The van der Waals surface area contributed by atoms with Crippen molar-refractivity contribution in [2.45, 2.75) is 65.0 Å². The summed E-state index contributed by atoms with van der Waals surface area (Å²) in [5.41, 5.74) is 1.79. The van der Waals surface area contributed by atoms with Crippen LogP contribution in [0.25, 0.3) is 0 Å². The van der Waals surface area contributed by atoms with Crippen molar-refractivity contribution in [2.24, 2.45) is 11.3 Å². The number of urea groups is 1. The summed E-state index contributed by atoms with van der Waals surface area (Å²) in [5.74, 6) is 0.158. The second-order valence-corrected chi connectivity index (χ2v) is 9.88. The van der Waals surface area contributed by atoms with E-state index in [0.717, 1.165) is 29.7 Å². The van der Waals surface area contributed by atoms with Gasteiger partial charge in [0.25, 0.3) is 5.91 Å². The van der Waals surface area contributed by atoms with Gasteiger partial charge >= 0.3 is 6.03 Å². The lowest BCUT2D eigenvalue weighted by atomic mass is 9.67. The van der Waals surface area contributed by atoms with E-state index in [2.05, 4.69) is 32.2 Å². The van der Waals surface area contributed by atoms with Crippen LogP contribution in [0.5, 0.6) is 0 Å². The molecule has 0 atom stereocenters. The Bertz CT molecular complexity index is 834. The fraction of sp³-hybridized carbons (Fsp3) is 0.609. The monoisotopic (exact) mass is 397 g/mol. The van der Waals surface area contributed by atoms with E-state index in [9.17, 15) is 14.4 Å². The molecular formula is C23H31N3O3. The Morgan fingerprint density at radius 2 is 1.79 bits per heavy atom. The summed E-state index contributed by atoms with van der Waals surface area (Å²) in [4.78, 5) is 41.5. The number of carbonyl (C=O) groups is 3. The normalized spacial score (nSPS) is 27.2. The Balaban J connectivity index is 1.41. The van der Waals surface area contributed by atoms with Crippen molar-refractivity contribution in [2.75, 3.05) is 13.1 Å². The number of imide groups is 1. The molecule has 3 aliphatic rings. The Morgan fingerprint density at radius 3 is 2.45 bits per heavy atom. The molecule has 156 valence electrons. The number of nitrogens with zero attached hydrogens (tertiary/aromatic N) is 2. The summed E-state index contributed by atoms with van der Waals surface area (Å²) in [5, 5.41) is 2.93. The maximum absolute atomic E-state index is 13.1. The maximum Gasteiger partial charge on any atom is 0.325 e. The van der Waals surface area contributed by atoms with E-state index >= 15 is 0 Å². The fourth-order valence-corrected chi connectivity index (χ4v) is 5.08. The molecule has 1 aromatic rings. The molecule has 1 N–H and O–H groups in total. The van der Waals surface area contributed by atoms with Crippen LogP contribution in [0.15, 0.2) is 24.3 Å². The first-order valence-corrected chi connectivity index (χ1v) is 10.7. The van der Waals surface area contributed by atoms with Gasteiger partial charge in [-0.05, 0) is 54.6 Å². The van der Waals surface area contributed by atoms with Gasteiger partial charge in [-0.15, -0.1) is 0 Å². The molecule has 1 saturated carbocycles. The summed E-state index contributed by atoms with van der Waals surface area (Å²) in [7, 11) is 0. The molecule has 0 aromatic heterocycles. The van der Waals surface area contributed by atoms with Crippen molar-refractivity contribution < 1.29 is 14.4 Å². The van der Waals surface area contributed by atoms with E-state index < -0.39 is 11.6 Å². The molecule has 2 fully saturated rings. The SMILES string of the molecule is CC(C)(C)C1CCC2(CC1)NC(=O)N(CC(=O)N1CCc3ccccc3C1)C2=O. The van der Waals surface area contributed by atoms with E-state index in [-0.39, 0.29) is 23.8 Å².